The third-order valence-corrected chi connectivity index (χ3v) is 3.89. The molecular weight excluding hydrogens is 332 g/mol. The highest BCUT2D eigenvalue weighted by atomic mass is 79.9. The molecule has 7 heteroatoms. The van der Waals surface area contributed by atoms with E-state index in [1.165, 1.54) is 0 Å². The highest BCUT2D eigenvalue weighted by Gasteiger charge is 2.08. The number of halogens is 1. The Balaban J connectivity index is 2.03. The van der Waals surface area contributed by atoms with Crippen molar-refractivity contribution in [1.29, 1.82) is 0 Å². The standard InChI is InChI=1S/C12H11BrN2O3S/c1-18-10-4-7(2-3-9(10)13)14-5-8-6-19-11(15-8)12(16)17/h2-4,6,14H,5H2,1H3,(H,16,17). The van der Waals surface area contributed by atoms with E-state index in [-0.39, 0.29) is 5.01 Å². The Morgan fingerprint density at radius 3 is 3.00 bits per heavy atom. The van der Waals surface area contributed by atoms with Gasteiger partial charge in [-0.15, -0.1) is 11.3 Å². The number of nitrogens with one attached hydrogen (secondary N) is 1. The molecule has 19 heavy (non-hydrogen) atoms. The molecule has 0 aliphatic heterocycles. The molecular formula is C12H11BrN2O3S. The third-order valence-electron chi connectivity index (χ3n) is 2.36. The second-order valence-corrected chi connectivity index (χ2v) is 5.36. The molecule has 0 fully saturated rings. The van der Waals surface area contributed by atoms with Gasteiger partial charge >= 0.3 is 5.97 Å². The maximum Gasteiger partial charge on any atom is 0.365 e. The molecule has 1 heterocycles. The lowest BCUT2D eigenvalue weighted by atomic mass is 10.3. The number of benzene rings is 1. The van der Waals surface area contributed by atoms with Crippen molar-refractivity contribution in [2.24, 2.45) is 0 Å². The lowest BCUT2D eigenvalue weighted by Gasteiger charge is -2.08. The summed E-state index contributed by atoms with van der Waals surface area (Å²) >= 11 is 4.50. The summed E-state index contributed by atoms with van der Waals surface area (Å²) in [6.07, 6.45) is 0. The molecule has 0 bridgehead atoms. The van der Waals surface area contributed by atoms with Crippen LogP contribution in [0.1, 0.15) is 15.5 Å². The highest BCUT2D eigenvalue weighted by Crippen LogP contribution is 2.28. The average molecular weight is 343 g/mol. The first-order valence-corrected chi connectivity index (χ1v) is 7.02. The molecule has 0 spiro atoms. The monoisotopic (exact) mass is 342 g/mol. The van der Waals surface area contributed by atoms with Crippen LogP contribution >= 0.6 is 27.3 Å². The van der Waals surface area contributed by atoms with Gasteiger partial charge in [-0.25, -0.2) is 9.78 Å². The summed E-state index contributed by atoms with van der Waals surface area (Å²) in [7, 11) is 1.60. The SMILES string of the molecule is COc1cc(NCc2csc(C(=O)O)n2)ccc1Br. The number of carboxylic acid groups (broad SMARTS) is 1. The number of hydrogen-bond donors (Lipinski definition) is 2. The van der Waals surface area contributed by atoms with Crippen LogP contribution in [-0.4, -0.2) is 23.2 Å². The molecule has 1 aromatic heterocycles. The number of thiazole rings is 1. The summed E-state index contributed by atoms with van der Waals surface area (Å²) in [5.41, 5.74) is 1.58. The van der Waals surface area contributed by atoms with Crippen LogP contribution in [0.25, 0.3) is 0 Å². The highest BCUT2D eigenvalue weighted by molar-refractivity contribution is 9.10. The Morgan fingerprint density at radius 2 is 2.37 bits per heavy atom. The van der Waals surface area contributed by atoms with Crippen molar-refractivity contribution in [3.8, 4) is 5.75 Å². The predicted molar refractivity (Wildman–Crippen MR) is 77.1 cm³/mol. The zero-order valence-electron chi connectivity index (χ0n) is 10.0. The van der Waals surface area contributed by atoms with E-state index in [0.717, 1.165) is 27.2 Å². The zero-order valence-corrected chi connectivity index (χ0v) is 12.4. The molecule has 0 atom stereocenters. The topological polar surface area (TPSA) is 71.5 Å². The fourth-order valence-electron chi connectivity index (χ4n) is 1.45. The zero-order chi connectivity index (χ0) is 13.8. The Bertz CT molecular complexity index is 600. The Morgan fingerprint density at radius 1 is 1.58 bits per heavy atom. The van der Waals surface area contributed by atoms with E-state index >= 15 is 0 Å². The quantitative estimate of drug-likeness (QED) is 0.872. The Kier molecular flexibility index (Phi) is 4.39. The predicted octanol–water partition coefficient (Wildman–Crippen LogP) is 3.22. The van der Waals surface area contributed by atoms with Crippen LogP contribution in [0.3, 0.4) is 0 Å². The van der Waals surface area contributed by atoms with Crippen molar-refractivity contribution in [2.45, 2.75) is 6.54 Å². The van der Waals surface area contributed by atoms with Gasteiger partial charge in [0.05, 0.1) is 23.8 Å². The third kappa shape index (κ3) is 3.45. The number of nitrogens with zero attached hydrogens (tertiary/aromatic N) is 1. The maximum atomic E-state index is 10.7. The van der Waals surface area contributed by atoms with Crippen molar-refractivity contribution in [3.05, 3.63) is 38.8 Å². The van der Waals surface area contributed by atoms with E-state index in [4.69, 9.17) is 9.84 Å². The molecule has 0 amide bonds. The fraction of sp³-hybridized carbons (Fsp3) is 0.167. The molecule has 0 aliphatic carbocycles. The van der Waals surface area contributed by atoms with Gasteiger partial charge in [0, 0.05) is 17.1 Å². The van der Waals surface area contributed by atoms with Crippen LogP contribution in [0.4, 0.5) is 5.69 Å². The molecule has 0 saturated heterocycles. The summed E-state index contributed by atoms with van der Waals surface area (Å²) < 4.78 is 6.07. The van der Waals surface area contributed by atoms with E-state index in [9.17, 15) is 4.79 Å². The van der Waals surface area contributed by atoms with Gasteiger partial charge in [-0.05, 0) is 28.1 Å². The van der Waals surface area contributed by atoms with Gasteiger partial charge in [0.1, 0.15) is 5.75 Å². The first-order valence-electron chi connectivity index (χ1n) is 5.35. The number of aromatic carboxylic acids is 1. The first-order chi connectivity index (χ1) is 9.10. The van der Waals surface area contributed by atoms with Gasteiger partial charge in [-0.1, -0.05) is 0 Å². The number of carboxylic acids is 1. The van der Waals surface area contributed by atoms with Gasteiger partial charge in [0.2, 0.25) is 5.01 Å². The number of anilines is 1. The van der Waals surface area contributed by atoms with Gasteiger partial charge in [-0.2, -0.15) is 0 Å². The number of ether oxygens (including phenoxy) is 1. The Labute approximate surface area is 122 Å². The number of aromatic nitrogens is 1. The molecule has 0 radical (unpaired) electrons. The molecule has 0 aliphatic rings. The molecule has 2 aromatic rings. The van der Waals surface area contributed by atoms with Crippen LogP contribution in [0.5, 0.6) is 5.75 Å². The van der Waals surface area contributed by atoms with Crippen LogP contribution in [-0.2, 0) is 6.54 Å². The summed E-state index contributed by atoms with van der Waals surface area (Å²) in [6, 6.07) is 5.64. The molecule has 5 nitrogen and oxygen atoms in total. The molecule has 2 N–H and O–H groups in total. The average Bonchev–Trinajstić information content (AvgIpc) is 2.87. The van der Waals surface area contributed by atoms with Crippen LogP contribution < -0.4 is 10.1 Å². The largest absolute Gasteiger partial charge is 0.495 e. The van der Waals surface area contributed by atoms with Crippen LogP contribution in [0.2, 0.25) is 0 Å². The van der Waals surface area contributed by atoms with Crippen molar-refractivity contribution in [2.75, 3.05) is 12.4 Å². The van der Waals surface area contributed by atoms with E-state index in [2.05, 4.69) is 26.2 Å². The molecule has 2 rings (SSSR count). The molecule has 0 unspecified atom stereocenters. The fourth-order valence-corrected chi connectivity index (χ4v) is 2.51. The molecule has 0 saturated carbocycles. The van der Waals surface area contributed by atoms with E-state index < -0.39 is 5.97 Å². The number of methoxy groups -OCH3 is 1. The second kappa shape index (κ2) is 6.03. The minimum atomic E-state index is -0.999. The van der Waals surface area contributed by atoms with E-state index in [1.54, 1.807) is 12.5 Å². The lowest BCUT2D eigenvalue weighted by molar-refractivity contribution is 0.0696. The van der Waals surface area contributed by atoms with Gasteiger partial charge in [0.15, 0.2) is 0 Å². The van der Waals surface area contributed by atoms with Crippen molar-refractivity contribution in [1.82, 2.24) is 4.98 Å². The van der Waals surface area contributed by atoms with E-state index in [0.29, 0.717) is 12.2 Å². The summed E-state index contributed by atoms with van der Waals surface area (Å²) in [6.45, 7) is 0.467. The summed E-state index contributed by atoms with van der Waals surface area (Å²) in [4.78, 5) is 14.7. The molecule has 100 valence electrons. The normalized spacial score (nSPS) is 10.2. The van der Waals surface area contributed by atoms with Crippen molar-refractivity contribution in [3.63, 3.8) is 0 Å². The lowest BCUT2D eigenvalue weighted by Crippen LogP contribution is -2.01. The molecule has 1 aromatic carbocycles. The number of hydrogen-bond acceptors (Lipinski definition) is 5. The smallest absolute Gasteiger partial charge is 0.365 e. The second-order valence-electron chi connectivity index (χ2n) is 3.65. The first kappa shape index (κ1) is 13.8. The minimum absolute atomic E-state index is 0.102. The van der Waals surface area contributed by atoms with Gasteiger partial charge in [0.25, 0.3) is 0 Å². The van der Waals surface area contributed by atoms with Gasteiger partial charge in [-0.3, -0.25) is 0 Å². The summed E-state index contributed by atoms with van der Waals surface area (Å²) in [5, 5.41) is 13.8. The minimum Gasteiger partial charge on any atom is -0.495 e. The van der Waals surface area contributed by atoms with Crippen molar-refractivity contribution < 1.29 is 14.6 Å². The number of rotatable bonds is 5. The number of carbonyl (C=O) groups is 1. The van der Waals surface area contributed by atoms with Crippen LogP contribution in [0, 0.1) is 0 Å². The van der Waals surface area contributed by atoms with Gasteiger partial charge < -0.3 is 15.2 Å². The maximum absolute atomic E-state index is 10.7. The Hall–Kier alpha value is -1.60. The van der Waals surface area contributed by atoms with Crippen LogP contribution in [0.15, 0.2) is 28.1 Å². The van der Waals surface area contributed by atoms with Crippen molar-refractivity contribution >= 4 is 38.9 Å². The summed E-state index contributed by atoms with van der Waals surface area (Å²) in [5.74, 6) is -0.268. The van der Waals surface area contributed by atoms with E-state index in [1.807, 2.05) is 18.2 Å².